The second kappa shape index (κ2) is 7.30. The van der Waals surface area contributed by atoms with E-state index < -0.39 is 11.8 Å². The molecule has 1 aliphatic heterocycles. The molecule has 0 N–H and O–H groups in total. The lowest BCUT2D eigenvalue weighted by Gasteiger charge is -2.45. The van der Waals surface area contributed by atoms with E-state index in [0.29, 0.717) is 17.1 Å². The van der Waals surface area contributed by atoms with Crippen molar-refractivity contribution in [1.29, 1.82) is 0 Å². The van der Waals surface area contributed by atoms with Gasteiger partial charge in [0.15, 0.2) is 0 Å². The average molecular weight is 438 g/mol. The van der Waals surface area contributed by atoms with Crippen LogP contribution in [0.5, 0.6) is 11.5 Å². The van der Waals surface area contributed by atoms with E-state index in [2.05, 4.69) is 29.4 Å². The van der Waals surface area contributed by atoms with Crippen molar-refractivity contribution in [2.45, 2.75) is 11.8 Å². The van der Waals surface area contributed by atoms with Crippen molar-refractivity contribution < 1.29 is 19.1 Å². The van der Waals surface area contributed by atoms with Gasteiger partial charge in [-0.2, -0.15) is 10.1 Å². The number of imide groups is 1. The van der Waals surface area contributed by atoms with Crippen LogP contribution in [0.1, 0.15) is 39.7 Å². The third-order valence-corrected chi connectivity index (χ3v) is 7.18. The van der Waals surface area contributed by atoms with Crippen molar-refractivity contribution in [3.05, 3.63) is 94.5 Å². The lowest BCUT2D eigenvalue weighted by atomic mass is 9.55. The molecule has 6 nitrogen and oxygen atoms in total. The van der Waals surface area contributed by atoms with Gasteiger partial charge in [0.2, 0.25) is 0 Å². The molecule has 1 fully saturated rings. The Balaban J connectivity index is 1.41. The predicted octanol–water partition coefficient (Wildman–Crippen LogP) is 3.93. The Hall–Kier alpha value is -3.93. The van der Waals surface area contributed by atoms with Gasteiger partial charge >= 0.3 is 0 Å². The third-order valence-electron chi connectivity index (χ3n) is 7.18. The fourth-order valence-corrected chi connectivity index (χ4v) is 5.82. The highest BCUT2D eigenvalue weighted by Crippen LogP contribution is 2.60. The van der Waals surface area contributed by atoms with Crippen molar-refractivity contribution >= 4 is 18.0 Å². The summed E-state index contributed by atoms with van der Waals surface area (Å²) in [5, 5.41) is 5.42. The first-order valence-corrected chi connectivity index (χ1v) is 11.0. The van der Waals surface area contributed by atoms with Crippen molar-refractivity contribution in [1.82, 2.24) is 5.01 Å². The quantitative estimate of drug-likeness (QED) is 0.457. The zero-order valence-corrected chi connectivity index (χ0v) is 18.3. The molecule has 7 rings (SSSR count). The first kappa shape index (κ1) is 19.7. The van der Waals surface area contributed by atoms with E-state index in [1.807, 2.05) is 24.3 Å². The number of rotatable bonds is 4. The van der Waals surface area contributed by atoms with Crippen LogP contribution in [0.25, 0.3) is 0 Å². The molecule has 0 aromatic heterocycles. The summed E-state index contributed by atoms with van der Waals surface area (Å²) in [5.41, 5.74) is 5.23. The maximum atomic E-state index is 13.6. The zero-order valence-electron chi connectivity index (χ0n) is 18.3. The molecule has 2 unspecified atom stereocenters. The lowest BCUT2D eigenvalue weighted by molar-refractivity contribution is -0.139. The SMILES string of the molecule is COc1ccc(/C=N/N2C(=O)C3C4c5ccccc5C(c5ccccc54)C3C2=O)c(OC)c1. The zero-order chi connectivity index (χ0) is 22.7. The average Bonchev–Trinajstić information content (AvgIpc) is 3.12. The summed E-state index contributed by atoms with van der Waals surface area (Å²) >= 11 is 0. The predicted molar refractivity (Wildman–Crippen MR) is 123 cm³/mol. The van der Waals surface area contributed by atoms with Crippen molar-refractivity contribution in [3.63, 3.8) is 0 Å². The van der Waals surface area contributed by atoms with Gasteiger partial charge in [-0.05, 0) is 34.4 Å². The standard InChI is InChI=1S/C27H22N2O4/c1-32-16-12-11-15(21(13-16)33-2)14-28-29-26(30)24-22-17-7-3-4-8-18(17)23(25(24)27(29)31)20-10-6-5-9-19(20)22/h3-14,22-25H,1-2H3/b28-14+. The number of methoxy groups -OCH3 is 2. The summed E-state index contributed by atoms with van der Waals surface area (Å²) in [5.74, 6) is -0.450. The summed E-state index contributed by atoms with van der Waals surface area (Å²) < 4.78 is 10.7. The van der Waals surface area contributed by atoms with Crippen LogP contribution < -0.4 is 9.47 Å². The van der Waals surface area contributed by atoms with Crippen LogP contribution in [0.2, 0.25) is 0 Å². The monoisotopic (exact) mass is 438 g/mol. The van der Waals surface area contributed by atoms with Crippen molar-refractivity contribution in [2.24, 2.45) is 16.9 Å². The van der Waals surface area contributed by atoms with Gasteiger partial charge in [-0.1, -0.05) is 48.5 Å². The second-order valence-electron chi connectivity index (χ2n) is 8.61. The van der Waals surface area contributed by atoms with E-state index in [-0.39, 0.29) is 23.7 Å². The number of hydrogen-bond acceptors (Lipinski definition) is 5. The van der Waals surface area contributed by atoms with Gasteiger partial charge < -0.3 is 9.47 Å². The van der Waals surface area contributed by atoms with Crippen LogP contribution in [0.4, 0.5) is 0 Å². The molecule has 1 saturated heterocycles. The Kier molecular flexibility index (Phi) is 4.37. The van der Waals surface area contributed by atoms with Crippen LogP contribution in [0.15, 0.2) is 71.8 Å². The van der Waals surface area contributed by atoms with E-state index in [1.165, 1.54) is 6.21 Å². The maximum absolute atomic E-state index is 13.6. The number of amides is 2. The summed E-state index contributed by atoms with van der Waals surface area (Å²) in [4.78, 5) is 27.2. The highest BCUT2D eigenvalue weighted by atomic mass is 16.5. The Bertz CT molecular complexity index is 1220. The third kappa shape index (κ3) is 2.70. The van der Waals surface area contributed by atoms with E-state index in [0.717, 1.165) is 27.3 Å². The highest BCUT2D eigenvalue weighted by molar-refractivity contribution is 6.08. The topological polar surface area (TPSA) is 68.2 Å². The van der Waals surface area contributed by atoms with Gasteiger partial charge in [0.1, 0.15) is 11.5 Å². The largest absolute Gasteiger partial charge is 0.497 e. The Morgan fingerprint density at radius 2 is 1.27 bits per heavy atom. The van der Waals surface area contributed by atoms with Gasteiger partial charge in [0, 0.05) is 23.5 Å². The van der Waals surface area contributed by atoms with Crippen LogP contribution in [0, 0.1) is 11.8 Å². The van der Waals surface area contributed by atoms with Gasteiger partial charge in [-0.15, -0.1) is 0 Å². The Morgan fingerprint density at radius 1 is 0.758 bits per heavy atom. The lowest BCUT2D eigenvalue weighted by Crippen LogP contribution is -2.41. The van der Waals surface area contributed by atoms with Crippen LogP contribution in [-0.2, 0) is 9.59 Å². The summed E-state index contributed by atoms with van der Waals surface area (Å²) in [7, 11) is 3.13. The number of carbonyl (C=O) groups excluding carboxylic acids is 2. The highest BCUT2D eigenvalue weighted by Gasteiger charge is 2.61. The molecule has 2 bridgehead atoms. The molecule has 0 radical (unpaired) electrons. The molecule has 4 aliphatic rings. The molecule has 0 saturated carbocycles. The Morgan fingerprint density at radius 3 is 1.73 bits per heavy atom. The first-order chi connectivity index (χ1) is 16.1. The number of hydrazone groups is 1. The number of carbonyl (C=O) groups is 2. The van der Waals surface area contributed by atoms with Gasteiger partial charge in [-0.25, -0.2) is 0 Å². The minimum atomic E-state index is -0.442. The van der Waals surface area contributed by atoms with E-state index in [9.17, 15) is 9.59 Å². The number of nitrogens with zero attached hydrogens (tertiary/aromatic N) is 2. The van der Waals surface area contributed by atoms with Crippen molar-refractivity contribution in [3.8, 4) is 11.5 Å². The molecule has 33 heavy (non-hydrogen) atoms. The normalized spacial score (nSPS) is 24.6. The molecule has 2 atom stereocenters. The molecule has 164 valence electrons. The Labute approximate surface area is 191 Å². The summed E-state index contributed by atoms with van der Waals surface area (Å²) in [6, 6.07) is 21.7. The van der Waals surface area contributed by atoms with Crippen LogP contribution >= 0.6 is 0 Å². The second-order valence-corrected chi connectivity index (χ2v) is 8.61. The number of benzene rings is 3. The molecule has 2 amide bonds. The number of ether oxygens (including phenoxy) is 2. The van der Waals surface area contributed by atoms with Gasteiger partial charge in [0.05, 0.1) is 32.3 Å². The number of hydrogen-bond donors (Lipinski definition) is 0. The van der Waals surface area contributed by atoms with Gasteiger partial charge in [-0.3, -0.25) is 9.59 Å². The molecule has 1 heterocycles. The van der Waals surface area contributed by atoms with Gasteiger partial charge in [0.25, 0.3) is 11.8 Å². The summed E-state index contributed by atoms with van der Waals surface area (Å²) in [6.45, 7) is 0. The minimum absolute atomic E-state index is 0.139. The molecular formula is C27H22N2O4. The van der Waals surface area contributed by atoms with Crippen LogP contribution in [-0.4, -0.2) is 37.3 Å². The van der Waals surface area contributed by atoms with E-state index >= 15 is 0 Å². The molecule has 0 spiro atoms. The fourth-order valence-electron chi connectivity index (χ4n) is 5.82. The smallest absolute Gasteiger partial charge is 0.254 e. The molecule has 3 aromatic rings. The molecule has 3 aliphatic carbocycles. The maximum Gasteiger partial charge on any atom is 0.254 e. The minimum Gasteiger partial charge on any atom is -0.497 e. The van der Waals surface area contributed by atoms with Crippen LogP contribution in [0.3, 0.4) is 0 Å². The fraction of sp³-hybridized carbons (Fsp3) is 0.222. The first-order valence-electron chi connectivity index (χ1n) is 11.0. The molecular weight excluding hydrogens is 416 g/mol. The summed E-state index contributed by atoms with van der Waals surface area (Å²) in [6.07, 6.45) is 1.51. The van der Waals surface area contributed by atoms with E-state index in [4.69, 9.17) is 9.47 Å². The molecule has 3 aromatic carbocycles. The van der Waals surface area contributed by atoms with Crippen molar-refractivity contribution in [2.75, 3.05) is 14.2 Å². The van der Waals surface area contributed by atoms with E-state index in [1.54, 1.807) is 32.4 Å². The molecule has 6 heteroatoms.